The highest BCUT2D eigenvalue weighted by Gasteiger charge is 2.28. The molecule has 0 radical (unpaired) electrons. The highest BCUT2D eigenvalue weighted by atomic mass is 35.5. The highest BCUT2D eigenvalue weighted by molar-refractivity contribution is 6.31. The van der Waals surface area contributed by atoms with Crippen LogP contribution in [0.25, 0.3) is 0 Å². The molecule has 1 atom stereocenters. The number of Topliss-reactive ketones (excluding diaryl/α,β-unsaturated/α-hetero) is 1. The molecule has 4 heteroatoms. The first kappa shape index (κ1) is 12.6. The van der Waals surface area contributed by atoms with E-state index in [0.29, 0.717) is 17.2 Å². The molecule has 0 saturated heterocycles. The number of carbonyl (C=O) groups excluding carboxylic acids is 1. The highest BCUT2D eigenvalue weighted by Crippen LogP contribution is 2.34. The smallest absolute Gasteiger partial charge is 0.141 e. The topological polar surface area (TPSA) is 34.9 Å². The normalized spacial score (nSPS) is 21.9. The van der Waals surface area contributed by atoms with E-state index in [0.717, 1.165) is 31.4 Å². The number of aromatic nitrogens is 2. The van der Waals surface area contributed by atoms with Crippen molar-refractivity contribution >= 4 is 17.4 Å². The number of rotatable bonds is 2. The fraction of sp³-hybridized carbons (Fsp3) is 0.692. The number of carbonyl (C=O) groups is 1. The van der Waals surface area contributed by atoms with Gasteiger partial charge in [0.1, 0.15) is 5.78 Å². The lowest BCUT2D eigenvalue weighted by Gasteiger charge is -2.18. The van der Waals surface area contributed by atoms with Gasteiger partial charge in [0.25, 0.3) is 0 Å². The van der Waals surface area contributed by atoms with Crippen LogP contribution in [0.15, 0.2) is 6.20 Å². The van der Waals surface area contributed by atoms with E-state index in [1.807, 2.05) is 4.68 Å². The van der Waals surface area contributed by atoms with E-state index >= 15 is 0 Å². The average Bonchev–Trinajstić information content (AvgIpc) is 2.52. The molecule has 1 aliphatic rings. The van der Waals surface area contributed by atoms with Crippen LogP contribution in [-0.4, -0.2) is 15.6 Å². The lowest BCUT2D eigenvalue weighted by Crippen LogP contribution is -2.17. The molecule has 0 amide bonds. The van der Waals surface area contributed by atoms with Gasteiger partial charge in [0, 0.05) is 12.5 Å². The predicted octanol–water partition coefficient (Wildman–Crippen LogP) is 3.73. The fourth-order valence-electron chi connectivity index (χ4n) is 2.54. The summed E-state index contributed by atoms with van der Waals surface area (Å²) in [5, 5.41) is 4.93. The summed E-state index contributed by atoms with van der Waals surface area (Å²) in [6.45, 7) is 4.13. The Hall–Kier alpha value is -0.830. The maximum absolute atomic E-state index is 12.1. The van der Waals surface area contributed by atoms with Crippen molar-refractivity contribution in [1.82, 2.24) is 9.78 Å². The van der Waals surface area contributed by atoms with Crippen LogP contribution < -0.4 is 0 Å². The number of hydrogen-bond acceptors (Lipinski definition) is 2. The van der Waals surface area contributed by atoms with Gasteiger partial charge in [-0.25, -0.2) is 0 Å². The summed E-state index contributed by atoms with van der Waals surface area (Å²) in [5.74, 6) is 0.279. The Labute approximate surface area is 107 Å². The molecule has 1 saturated carbocycles. The Morgan fingerprint density at radius 2 is 2.18 bits per heavy atom. The van der Waals surface area contributed by atoms with Gasteiger partial charge >= 0.3 is 0 Å². The van der Waals surface area contributed by atoms with Crippen LogP contribution >= 0.6 is 11.6 Å². The Morgan fingerprint density at radius 3 is 2.88 bits per heavy atom. The maximum atomic E-state index is 12.1. The minimum Gasteiger partial charge on any atom is -0.299 e. The summed E-state index contributed by atoms with van der Waals surface area (Å²) in [4.78, 5) is 12.1. The molecule has 1 aliphatic carbocycles. The quantitative estimate of drug-likeness (QED) is 0.754. The second-order valence-corrected chi connectivity index (χ2v) is 5.44. The average molecular weight is 255 g/mol. The summed E-state index contributed by atoms with van der Waals surface area (Å²) in [6, 6.07) is 0.244. The number of nitrogens with zero attached hydrogens (tertiary/aromatic N) is 2. The van der Waals surface area contributed by atoms with Gasteiger partial charge in [-0.05, 0) is 26.7 Å². The van der Waals surface area contributed by atoms with E-state index in [2.05, 4.69) is 18.9 Å². The van der Waals surface area contributed by atoms with Crippen LogP contribution in [0.2, 0.25) is 5.02 Å². The second kappa shape index (κ2) is 5.21. The third-order valence-electron chi connectivity index (χ3n) is 3.41. The van der Waals surface area contributed by atoms with E-state index in [4.69, 9.17) is 11.6 Å². The SMILES string of the molecule is CC(C)n1ncc(Cl)c1C1CCCCCC1=O. The maximum Gasteiger partial charge on any atom is 0.141 e. The van der Waals surface area contributed by atoms with Gasteiger partial charge in [-0.2, -0.15) is 5.10 Å². The van der Waals surface area contributed by atoms with Gasteiger partial charge in [0.2, 0.25) is 0 Å². The molecular formula is C13H19ClN2O. The van der Waals surface area contributed by atoms with Crippen molar-refractivity contribution < 1.29 is 4.79 Å². The molecule has 0 N–H and O–H groups in total. The summed E-state index contributed by atoms with van der Waals surface area (Å²) >= 11 is 6.21. The van der Waals surface area contributed by atoms with Gasteiger partial charge in [-0.3, -0.25) is 9.48 Å². The number of halogens is 1. The van der Waals surface area contributed by atoms with Gasteiger partial charge in [-0.1, -0.05) is 24.4 Å². The molecule has 94 valence electrons. The van der Waals surface area contributed by atoms with E-state index in [-0.39, 0.29) is 12.0 Å². The zero-order valence-electron chi connectivity index (χ0n) is 10.4. The van der Waals surface area contributed by atoms with E-state index < -0.39 is 0 Å². The largest absolute Gasteiger partial charge is 0.299 e. The van der Waals surface area contributed by atoms with Crippen LogP contribution in [-0.2, 0) is 4.79 Å². The first-order chi connectivity index (χ1) is 8.11. The zero-order chi connectivity index (χ0) is 12.4. The van der Waals surface area contributed by atoms with Crippen molar-refractivity contribution in [1.29, 1.82) is 0 Å². The molecule has 1 aromatic heterocycles. The number of ketones is 1. The first-order valence-electron chi connectivity index (χ1n) is 6.37. The predicted molar refractivity (Wildman–Crippen MR) is 68.5 cm³/mol. The molecular weight excluding hydrogens is 236 g/mol. The molecule has 0 spiro atoms. The Balaban J connectivity index is 2.37. The van der Waals surface area contributed by atoms with E-state index in [9.17, 15) is 4.79 Å². The van der Waals surface area contributed by atoms with Crippen molar-refractivity contribution in [3.8, 4) is 0 Å². The molecule has 0 aromatic carbocycles. The van der Waals surface area contributed by atoms with Crippen molar-refractivity contribution in [2.45, 2.75) is 57.9 Å². The Morgan fingerprint density at radius 1 is 1.41 bits per heavy atom. The molecule has 1 fully saturated rings. The van der Waals surface area contributed by atoms with Crippen LogP contribution in [0.3, 0.4) is 0 Å². The molecule has 17 heavy (non-hydrogen) atoms. The van der Waals surface area contributed by atoms with Crippen molar-refractivity contribution in [2.75, 3.05) is 0 Å². The lowest BCUT2D eigenvalue weighted by atomic mass is 9.95. The minimum atomic E-state index is -0.0464. The third-order valence-corrected chi connectivity index (χ3v) is 3.70. The molecule has 3 nitrogen and oxygen atoms in total. The minimum absolute atomic E-state index is 0.0464. The summed E-state index contributed by atoms with van der Waals surface area (Å²) in [5.41, 5.74) is 0.925. The van der Waals surface area contributed by atoms with Crippen molar-refractivity contribution in [3.63, 3.8) is 0 Å². The van der Waals surface area contributed by atoms with Gasteiger partial charge < -0.3 is 0 Å². The molecule has 0 aliphatic heterocycles. The molecule has 2 rings (SSSR count). The number of hydrogen-bond donors (Lipinski definition) is 0. The van der Waals surface area contributed by atoms with E-state index in [1.54, 1.807) is 6.20 Å². The standard InChI is InChI=1S/C13H19ClN2O/c1-9(2)16-13(11(14)8-15-16)10-6-4-3-5-7-12(10)17/h8-10H,3-7H2,1-2H3. The third kappa shape index (κ3) is 2.54. The first-order valence-corrected chi connectivity index (χ1v) is 6.74. The Bertz CT molecular complexity index is 412. The van der Waals surface area contributed by atoms with Crippen LogP contribution in [0.5, 0.6) is 0 Å². The molecule has 1 aromatic rings. The van der Waals surface area contributed by atoms with E-state index in [1.165, 1.54) is 0 Å². The second-order valence-electron chi connectivity index (χ2n) is 5.03. The molecule has 1 unspecified atom stereocenters. The van der Waals surface area contributed by atoms with Crippen LogP contribution in [0, 0.1) is 0 Å². The van der Waals surface area contributed by atoms with Crippen molar-refractivity contribution in [2.24, 2.45) is 0 Å². The van der Waals surface area contributed by atoms with Crippen molar-refractivity contribution in [3.05, 3.63) is 16.9 Å². The zero-order valence-corrected chi connectivity index (χ0v) is 11.2. The van der Waals surface area contributed by atoms with Gasteiger partial charge in [0.05, 0.1) is 22.8 Å². The lowest BCUT2D eigenvalue weighted by molar-refractivity contribution is -0.120. The summed E-state index contributed by atoms with van der Waals surface area (Å²) < 4.78 is 1.90. The molecule has 0 bridgehead atoms. The van der Waals surface area contributed by atoms with Gasteiger partial charge in [-0.15, -0.1) is 0 Å². The van der Waals surface area contributed by atoms with Crippen LogP contribution in [0.1, 0.15) is 63.6 Å². The monoisotopic (exact) mass is 254 g/mol. The summed E-state index contributed by atoms with van der Waals surface area (Å²) in [6.07, 6.45) is 6.53. The fourth-order valence-corrected chi connectivity index (χ4v) is 2.80. The summed E-state index contributed by atoms with van der Waals surface area (Å²) in [7, 11) is 0. The van der Waals surface area contributed by atoms with Crippen LogP contribution in [0.4, 0.5) is 0 Å². The van der Waals surface area contributed by atoms with Gasteiger partial charge in [0.15, 0.2) is 0 Å². The molecule has 1 heterocycles. The Kier molecular flexibility index (Phi) is 3.87.